The zero-order valence-electron chi connectivity index (χ0n) is 16.3. The molecule has 1 heterocycles. The average molecular weight is 383 g/mol. The van der Waals surface area contributed by atoms with E-state index < -0.39 is 23.6 Å². The Morgan fingerprint density at radius 1 is 0.893 bits per heavy atom. The topological polar surface area (TPSA) is 83.1 Å². The number of rotatable bonds is 9. The lowest BCUT2D eigenvalue weighted by Crippen LogP contribution is -2.55. The van der Waals surface area contributed by atoms with Gasteiger partial charge in [-0.25, -0.2) is 28.1 Å². The van der Waals surface area contributed by atoms with Gasteiger partial charge in [-0.2, -0.15) is 0 Å². The molecule has 0 spiro atoms. The smallest absolute Gasteiger partial charge is 0.292 e. The van der Waals surface area contributed by atoms with Crippen molar-refractivity contribution >= 4 is 5.78 Å². The SMILES string of the molecule is C=CCn1c(=O)n(CC=C)c(=O)n(CC(=O)c2cc(CC)ccc2CC)c1=O. The van der Waals surface area contributed by atoms with Crippen LogP contribution < -0.4 is 17.1 Å². The minimum Gasteiger partial charge on any atom is -0.292 e. The maximum absolute atomic E-state index is 13.0. The van der Waals surface area contributed by atoms with Gasteiger partial charge in [0.15, 0.2) is 5.78 Å². The first kappa shape index (κ1) is 21.1. The van der Waals surface area contributed by atoms with Crippen LogP contribution in [0, 0.1) is 0 Å². The van der Waals surface area contributed by atoms with E-state index in [2.05, 4.69) is 13.2 Å². The number of allylic oxidation sites excluding steroid dienone is 2. The van der Waals surface area contributed by atoms with Crippen LogP contribution in [0.25, 0.3) is 0 Å². The van der Waals surface area contributed by atoms with Crippen molar-refractivity contribution in [3.8, 4) is 0 Å². The standard InChI is InChI=1S/C21H25N3O4/c1-5-11-22-19(26)23(12-6-2)21(28)24(20(22)27)14-18(25)17-13-15(7-3)9-10-16(17)8-4/h5-6,9-10,13H,1-2,7-8,11-12,14H2,3-4H3. The van der Waals surface area contributed by atoms with Crippen molar-refractivity contribution in [2.45, 2.75) is 46.3 Å². The van der Waals surface area contributed by atoms with Gasteiger partial charge in [0.25, 0.3) is 0 Å². The van der Waals surface area contributed by atoms with E-state index in [0.717, 1.165) is 31.2 Å². The molecule has 7 heteroatoms. The van der Waals surface area contributed by atoms with Gasteiger partial charge in [-0.3, -0.25) is 4.79 Å². The van der Waals surface area contributed by atoms with Crippen LogP contribution in [0.15, 0.2) is 57.9 Å². The summed E-state index contributed by atoms with van der Waals surface area (Å²) in [5.74, 6) is -0.347. The van der Waals surface area contributed by atoms with E-state index in [1.54, 1.807) is 6.07 Å². The first-order valence-electron chi connectivity index (χ1n) is 9.20. The zero-order chi connectivity index (χ0) is 20.8. The Hall–Kier alpha value is -3.22. The molecule has 0 aliphatic heterocycles. The number of nitrogens with zero attached hydrogens (tertiary/aromatic N) is 3. The molecular formula is C21H25N3O4. The number of aryl methyl sites for hydroxylation is 2. The number of benzene rings is 1. The largest absolute Gasteiger partial charge is 0.337 e. The summed E-state index contributed by atoms with van der Waals surface area (Å²) in [5.41, 5.74) is -0.0678. The Labute approximate surface area is 162 Å². The second-order valence-electron chi connectivity index (χ2n) is 6.35. The molecule has 2 rings (SSSR count). The molecule has 0 N–H and O–H groups in total. The molecule has 0 aliphatic carbocycles. The maximum Gasteiger partial charge on any atom is 0.337 e. The second-order valence-corrected chi connectivity index (χ2v) is 6.35. The van der Waals surface area contributed by atoms with Crippen LogP contribution in [-0.2, 0) is 32.5 Å². The van der Waals surface area contributed by atoms with E-state index >= 15 is 0 Å². The molecule has 0 saturated carbocycles. The van der Waals surface area contributed by atoms with E-state index in [4.69, 9.17) is 0 Å². The first-order chi connectivity index (χ1) is 13.4. The number of carbonyl (C=O) groups is 1. The third-order valence-electron chi connectivity index (χ3n) is 4.57. The van der Waals surface area contributed by atoms with Crippen LogP contribution in [0.1, 0.15) is 35.3 Å². The Balaban J connectivity index is 2.63. The van der Waals surface area contributed by atoms with Gasteiger partial charge in [0.1, 0.15) is 0 Å². The predicted molar refractivity (Wildman–Crippen MR) is 109 cm³/mol. The third-order valence-corrected chi connectivity index (χ3v) is 4.57. The van der Waals surface area contributed by atoms with Gasteiger partial charge in [0.2, 0.25) is 0 Å². The van der Waals surface area contributed by atoms with Crippen molar-refractivity contribution in [3.05, 3.63) is 91.7 Å². The van der Waals surface area contributed by atoms with Crippen molar-refractivity contribution in [1.82, 2.24) is 13.7 Å². The fourth-order valence-electron chi connectivity index (χ4n) is 3.03. The van der Waals surface area contributed by atoms with Gasteiger partial charge in [-0.15, -0.1) is 13.2 Å². The quantitative estimate of drug-likeness (QED) is 0.486. The second kappa shape index (κ2) is 9.12. The van der Waals surface area contributed by atoms with E-state index in [1.165, 1.54) is 12.2 Å². The monoisotopic (exact) mass is 383 g/mol. The summed E-state index contributed by atoms with van der Waals surface area (Å²) in [5, 5.41) is 0. The lowest BCUT2D eigenvalue weighted by atomic mass is 9.97. The highest BCUT2D eigenvalue weighted by molar-refractivity contribution is 5.97. The van der Waals surface area contributed by atoms with Crippen LogP contribution in [0.3, 0.4) is 0 Å². The highest BCUT2D eigenvalue weighted by atomic mass is 16.2. The molecular weight excluding hydrogens is 358 g/mol. The Bertz CT molecular complexity index is 1040. The summed E-state index contributed by atoms with van der Waals surface area (Å²) < 4.78 is 2.57. The van der Waals surface area contributed by atoms with E-state index in [1.807, 2.05) is 26.0 Å². The number of hydrogen-bond donors (Lipinski definition) is 0. The molecule has 28 heavy (non-hydrogen) atoms. The van der Waals surface area contributed by atoms with Crippen LogP contribution in [0.4, 0.5) is 0 Å². The molecule has 7 nitrogen and oxygen atoms in total. The predicted octanol–water partition coefficient (Wildman–Crippen LogP) is 1.55. The van der Waals surface area contributed by atoms with Gasteiger partial charge in [-0.05, 0) is 30.0 Å². The molecule has 0 radical (unpaired) electrons. The molecule has 0 atom stereocenters. The first-order valence-corrected chi connectivity index (χ1v) is 9.20. The highest BCUT2D eigenvalue weighted by Gasteiger charge is 2.19. The molecule has 0 fully saturated rings. The van der Waals surface area contributed by atoms with Gasteiger partial charge < -0.3 is 0 Å². The highest BCUT2D eigenvalue weighted by Crippen LogP contribution is 2.15. The molecule has 0 aliphatic rings. The molecule has 1 aromatic carbocycles. The lowest BCUT2D eigenvalue weighted by molar-refractivity contribution is 0.0965. The average Bonchev–Trinajstić information content (AvgIpc) is 2.71. The van der Waals surface area contributed by atoms with Crippen molar-refractivity contribution in [2.24, 2.45) is 0 Å². The van der Waals surface area contributed by atoms with Crippen LogP contribution in [0.5, 0.6) is 0 Å². The summed E-state index contributed by atoms with van der Waals surface area (Å²) in [7, 11) is 0. The van der Waals surface area contributed by atoms with Gasteiger partial charge in [0, 0.05) is 5.56 Å². The van der Waals surface area contributed by atoms with Gasteiger partial charge in [-0.1, -0.05) is 38.1 Å². The molecule has 2 aromatic rings. The number of carbonyl (C=O) groups excluding carboxylic acids is 1. The van der Waals surface area contributed by atoms with Crippen molar-refractivity contribution in [3.63, 3.8) is 0 Å². The molecule has 148 valence electrons. The number of Topliss-reactive ketones (excluding diaryl/α,β-unsaturated/α-hetero) is 1. The van der Waals surface area contributed by atoms with Gasteiger partial charge in [0.05, 0.1) is 19.6 Å². The summed E-state index contributed by atoms with van der Waals surface area (Å²) in [6.45, 7) is 10.4. The van der Waals surface area contributed by atoms with Crippen molar-refractivity contribution in [2.75, 3.05) is 0 Å². The van der Waals surface area contributed by atoms with Crippen LogP contribution in [0.2, 0.25) is 0 Å². The fraction of sp³-hybridized carbons (Fsp3) is 0.333. The van der Waals surface area contributed by atoms with E-state index in [9.17, 15) is 19.2 Å². The normalized spacial score (nSPS) is 10.6. The minimum absolute atomic E-state index is 0.0607. The lowest BCUT2D eigenvalue weighted by Gasteiger charge is -2.13. The molecule has 0 unspecified atom stereocenters. The summed E-state index contributed by atoms with van der Waals surface area (Å²) in [6, 6.07) is 5.65. The van der Waals surface area contributed by atoms with Crippen LogP contribution >= 0.6 is 0 Å². The molecule has 0 amide bonds. The van der Waals surface area contributed by atoms with Gasteiger partial charge >= 0.3 is 17.1 Å². The van der Waals surface area contributed by atoms with Crippen molar-refractivity contribution < 1.29 is 4.79 Å². The number of hydrogen-bond acceptors (Lipinski definition) is 4. The zero-order valence-corrected chi connectivity index (χ0v) is 16.3. The fourth-order valence-corrected chi connectivity index (χ4v) is 3.03. The summed E-state index contributed by atoms with van der Waals surface area (Å²) in [6.07, 6.45) is 4.19. The Morgan fingerprint density at radius 2 is 1.43 bits per heavy atom. The molecule has 1 aromatic heterocycles. The third kappa shape index (κ3) is 4.03. The van der Waals surface area contributed by atoms with Crippen molar-refractivity contribution in [1.29, 1.82) is 0 Å². The Kier molecular flexibility index (Phi) is 6.87. The maximum atomic E-state index is 13.0. The molecule has 0 saturated heterocycles. The number of aromatic nitrogens is 3. The van der Waals surface area contributed by atoms with E-state index in [-0.39, 0.29) is 18.9 Å². The Morgan fingerprint density at radius 3 is 1.89 bits per heavy atom. The van der Waals surface area contributed by atoms with E-state index in [0.29, 0.717) is 12.0 Å². The van der Waals surface area contributed by atoms with Crippen LogP contribution in [-0.4, -0.2) is 19.5 Å². The minimum atomic E-state index is -0.826. The summed E-state index contributed by atoms with van der Waals surface area (Å²) in [4.78, 5) is 50.7. The molecule has 0 bridgehead atoms. The summed E-state index contributed by atoms with van der Waals surface area (Å²) >= 11 is 0. The number of ketones is 1.